The average Bonchev–Trinajstić information content (AvgIpc) is 3.60. The Hall–Kier alpha value is -3.82. The van der Waals surface area contributed by atoms with Gasteiger partial charge in [0.2, 0.25) is 17.6 Å². The van der Waals surface area contributed by atoms with Gasteiger partial charge in [0.15, 0.2) is 0 Å². The fraction of sp³-hybridized carbons (Fsp3) is 0.231. The largest absolute Gasteiger partial charge is 0.487 e. The summed E-state index contributed by atoms with van der Waals surface area (Å²) in [7, 11) is 0. The first kappa shape index (κ1) is 22.9. The van der Waals surface area contributed by atoms with Crippen LogP contribution in [0.5, 0.6) is 5.75 Å². The van der Waals surface area contributed by atoms with E-state index in [1.54, 1.807) is 23.6 Å². The van der Waals surface area contributed by atoms with Gasteiger partial charge in [-0.2, -0.15) is 4.98 Å². The molecule has 3 aromatic heterocycles. The lowest BCUT2D eigenvalue weighted by molar-refractivity contribution is -0.127. The Balaban J connectivity index is 1.07. The highest BCUT2D eigenvalue weighted by atomic mass is 32.1. The summed E-state index contributed by atoms with van der Waals surface area (Å²) < 4.78 is 11.2. The molecule has 0 bridgehead atoms. The highest BCUT2D eigenvalue weighted by Gasteiger charge is 2.21. The first-order valence-electron chi connectivity index (χ1n) is 11.4. The summed E-state index contributed by atoms with van der Waals surface area (Å²) >= 11 is 1.59. The zero-order valence-corrected chi connectivity index (χ0v) is 19.9. The Labute approximate surface area is 207 Å². The third-order valence-corrected chi connectivity index (χ3v) is 6.53. The van der Waals surface area contributed by atoms with Crippen molar-refractivity contribution in [2.75, 3.05) is 26.2 Å². The molecule has 178 valence electrons. The predicted molar refractivity (Wildman–Crippen MR) is 134 cm³/mol. The topological polar surface area (TPSA) is 84.6 Å². The second-order valence-corrected chi connectivity index (χ2v) is 9.05. The summed E-state index contributed by atoms with van der Waals surface area (Å²) in [6.45, 7) is 3.86. The van der Waals surface area contributed by atoms with Crippen LogP contribution >= 0.6 is 11.3 Å². The zero-order valence-electron chi connectivity index (χ0n) is 19.1. The van der Waals surface area contributed by atoms with Crippen molar-refractivity contribution in [2.24, 2.45) is 0 Å². The fourth-order valence-corrected chi connectivity index (χ4v) is 4.38. The molecule has 0 spiro atoms. The number of hydrogen-bond acceptors (Lipinski definition) is 8. The first-order chi connectivity index (χ1) is 17.2. The number of rotatable bonds is 8. The van der Waals surface area contributed by atoms with E-state index in [4.69, 9.17) is 9.26 Å². The van der Waals surface area contributed by atoms with Crippen LogP contribution in [0.2, 0.25) is 0 Å². The molecule has 4 heterocycles. The molecule has 0 unspecified atom stereocenters. The molecule has 8 nitrogen and oxygen atoms in total. The molecule has 5 rings (SSSR count). The van der Waals surface area contributed by atoms with Gasteiger partial charge in [0, 0.05) is 38.5 Å². The van der Waals surface area contributed by atoms with Crippen LogP contribution in [0, 0.1) is 0 Å². The third kappa shape index (κ3) is 6.20. The number of nitrogens with zero attached hydrogens (tertiary/aromatic N) is 5. The average molecular weight is 488 g/mol. The number of ether oxygens (including phenoxy) is 1. The van der Waals surface area contributed by atoms with Crippen molar-refractivity contribution in [3.63, 3.8) is 0 Å². The summed E-state index contributed by atoms with van der Waals surface area (Å²) in [5.74, 6) is 2.00. The van der Waals surface area contributed by atoms with Crippen LogP contribution < -0.4 is 4.74 Å². The minimum atomic E-state index is 0.0119. The van der Waals surface area contributed by atoms with Crippen LogP contribution in [0.3, 0.4) is 0 Å². The van der Waals surface area contributed by atoms with E-state index in [0.717, 1.165) is 35.0 Å². The summed E-state index contributed by atoms with van der Waals surface area (Å²) in [5.41, 5.74) is 1.82. The van der Waals surface area contributed by atoms with Gasteiger partial charge in [-0.15, -0.1) is 11.3 Å². The monoisotopic (exact) mass is 487 g/mol. The molecule has 35 heavy (non-hydrogen) atoms. The van der Waals surface area contributed by atoms with Crippen LogP contribution in [-0.4, -0.2) is 57.0 Å². The van der Waals surface area contributed by atoms with Gasteiger partial charge in [-0.05, 0) is 47.4 Å². The highest BCUT2D eigenvalue weighted by molar-refractivity contribution is 7.13. The Morgan fingerprint density at radius 1 is 1.06 bits per heavy atom. The molecule has 0 aliphatic carbocycles. The molecule has 1 aliphatic rings. The second-order valence-electron chi connectivity index (χ2n) is 8.10. The van der Waals surface area contributed by atoms with E-state index >= 15 is 0 Å². The number of benzene rings is 1. The molecule has 1 amide bonds. The van der Waals surface area contributed by atoms with Gasteiger partial charge < -0.3 is 14.2 Å². The molecule has 1 aromatic carbocycles. The third-order valence-electron chi connectivity index (χ3n) is 5.66. The number of carbonyl (C=O) groups is 1. The lowest BCUT2D eigenvalue weighted by Gasteiger charge is -2.33. The molecule has 1 aliphatic heterocycles. The molecule has 9 heteroatoms. The Morgan fingerprint density at radius 2 is 1.91 bits per heavy atom. The van der Waals surface area contributed by atoms with E-state index in [2.05, 4.69) is 20.0 Å². The van der Waals surface area contributed by atoms with Crippen LogP contribution in [0.4, 0.5) is 0 Å². The van der Waals surface area contributed by atoms with Crippen LogP contribution in [0.1, 0.15) is 17.1 Å². The maximum Gasteiger partial charge on any atom is 0.246 e. The van der Waals surface area contributed by atoms with Crippen molar-refractivity contribution in [3.05, 3.63) is 89.4 Å². The van der Waals surface area contributed by atoms with Gasteiger partial charge in [-0.25, -0.2) is 0 Å². The standard InChI is InChI=1S/C26H25N5O3S/c32-25(11-8-20-6-9-22(10-7-20)33-19-21-4-1-2-12-27-21)31-15-13-30(14-16-31)18-24-28-26(29-34-24)23-5-3-17-35-23/h1-12,17H,13-16,18-19H2/b11-8+. The van der Waals surface area contributed by atoms with Gasteiger partial charge in [0.05, 0.1) is 17.1 Å². The van der Waals surface area contributed by atoms with Gasteiger partial charge in [0.25, 0.3) is 0 Å². The van der Waals surface area contributed by atoms with E-state index in [1.165, 1.54) is 0 Å². The molecule has 0 saturated carbocycles. The van der Waals surface area contributed by atoms with E-state index < -0.39 is 0 Å². The number of thiophene rings is 1. The van der Waals surface area contributed by atoms with Crippen molar-refractivity contribution < 1.29 is 14.1 Å². The Bertz CT molecular complexity index is 1250. The van der Waals surface area contributed by atoms with Crippen LogP contribution in [0.15, 0.2) is 76.8 Å². The molecule has 1 fully saturated rings. The summed E-state index contributed by atoms with van der Waals surface area (Å²) in [5, 5.41) is 6.05. The molecule has 4 aromatic rings. The fourth-order valence-electron chi connectivity index (χ4n) is 3.73. The zero-order chi connectivity index (χ0) is 23.9. The predicted octanol–water partition coefficient (Wildman–Crippen LogP) is 4.13. The number of hydrogen-bond donors (Lipinski definition) is 0. The summed E-state index contributed by atoms with van der Waals surface area (Å²) in [4.78, 5) is 26.5. The summed E-state index contributed by atoms with van der Waals surface area (Å²) in [6, 6.07) is 17.3. The highest BCUT2D eigenvalue weighted by Crippen LogP contribution is 2.22. The number of aromatic nitrogens is 3. The van der Waals surface area contributed by atoms with E-state index in [1.807, 2.05) is 71.0 Å². The maximum atomic E-state index is 12.6. The van der Waals surface area contributed by atoms with E-state index in [-0.39, 0.29) is 5.91 Å². The van der Waals surface area contributed by atoms with E-state index in [9.17, 15) is 4.79 Å². The first-order valence-corrected chi connectivity index (χ1v) is 12.3. The minimum absolute atomic E-state index is 0.0119. The number of piperazine rings is 1. The Morgan fingerprint density at radius 3 is 2.66 bits per heavy atom. The molecule has 1 saturated heterocycles. The van der Waals surface area contributed by atoms with Gasteiger partial charge in [-0.3, -0.25) is 14.7 Å². The van der Waals surface area contributed by atoms with Crippen molar-refractivity contribution in [1.82, 2.24) is 24.9 Å². The quantitative estimate of drug-likeness (QED) is 0.346. The maximum absolute atomic E-state index is 12.6. The molecule has 0 N–H and O–H groups in total. The molecular formula is C26H25N5O3S. The van der Waals surface area contributed by atoms with Crippen molar-refractivity contribution in [1.29, 1.82) is 0 Å². The van der Waals surface area contributed by atoms with Gasteiger partial charge in [-0.1, -0.05) is 29.4 Å². The number of pyridine rings is 1. The second kappa shape index (κ2) is 11.1. The SMILES string of the molecule is O=C(/C=C/c1ccc(OCc2ccccn2)cc1)N1CCN(Cc2nc(-c3cccs3)no2)CC1. The summed E-state index contributed by atoms with van der Waals surface area (Å²) in [6.07, 6.45) is 5.21. The number of amides is 1. The van der Waals surface area contributed by atoms with Crippen LogP contribution in [-0.2, 0) is 17.9 Å². The molecular weight excluding hydrogens is 462 g/mol. The molecule has 0 radical (unpaired) electrons. The van der Waals surface area contributed by atoms with E-state index in [0.29, 0.717) is 38.0 Å². The van der Waals surface area contributed by atoms with Crippen molar-refractivity contribution in [2.45, 2.75) is 13.2 Å². The van der Waals surface area contributed by atoms with Gasteiger partial charge in [0.1, 0.15) is 12.4 Å². The minimum Gasteiger partial charge on any atom is -0.487 e. The lowest BCUT2D eigenvalue weighted by Crippen LogP contribution is -2.47. The lowest BCUT2D eigenvalue weighted by atomic mass is 10.2. The molecule has 0 atom stereocenters. The smallest absolute Gasteiger partial charge is 0.246 e. The Kier molecular flexibility index (Phi) is 7.26. The van der Waals surface area contributed by atoms with Gasteiger partial charge >= 0.3 is 0 Å². The van der Waals surface area contributed by atoms with Crippen molar-refractivity contribution >= 4 is 23.3 Å². The van der Waals surface area contributed by atoms with Crippen molar-refractivity contribution in [3.8, 4) is 16.5 Å². The number of carbonyl (C=O) groups excluding carboxylic acids is 1. The normalized spacial score (nSPS) is 14.5. The van der Waals surface area contributed by atoms with Crippen LogP contribution in [0.25, 0.3) is 16.8 Å².